The zero-order chi connectivity index (χ0) is 15.9. The molecule has 118 valence electrons. The Labute approximate surface area is 138 Å². The minimum absolute atomic E-state index is 0.223. The summed E-state index contributed by atoms with van der Waals surface area (Å²) in [5.41, 5.74) is 1.77. The number of nitrogens with zero attached hydrogens (tertiary/aromatic N) is 1. The van der Waals surface area contributed by atoms with E-state index in [9.17, 15) is 9.59 Å². The van der Waals surface area contributed by atoms with Crippen LogP contribution in [-0.2, 0) is 16.1 Å². The van der Waals surface area contributed by atoms with Crippen molar-refractivity contribution in [3.05, 3.63) is 40.9 Å². The molecule has 0 saturated carbocycles. The number of nitrogens with one attached hydrogen (secondary N) is 2. The minimum Gasteiger partial charge on any atom is -0.343 e. The number of anilines is 1. The molecule has 6 heteroatoms. The van der Waals surface area contributed by atoms with Gasteiger partial charge in [-0.15, -0.1) is 0 Å². The SMILES string of the molecule is C=C(Br)CNC(=O)C(=O)Nc1cccc(CN2CCCC2)c1. The van der Waals surface area contributed by atoms with Crippen LogP contribution in [0.2, 0.25) is 0 Å². The van der Waals surface area contributed by atoms with Gasteiger partial charge in [-0.05, 0) is 43.6 Å². The molecule has 1 aliphatic rings. The van der Waals surface area contributed by atoms with Crippen molar-refractivity contribution in [2.75, 3.05) is 25.0 Å². The number of hydrogen-bond donors (Lipinski definition) is 2. The Morgan fingerprint density at radius 2 is 1.95 bits per heavy atom. The lowest BCUT2D eigenvalue weighted by molar-refractivity contribution is -0.136. The van der Waals surface area contributed by atoms with Crippen molar-refractivity contribution in [3.8, 4) is 0 Å². The topological polar surface area (TPSA) is 61.4 Å². The normalized spacial score (nSPS) is 14.6. The first-order valence-electron chi connectivity index (χ1n) is 7.28. The molecular weight excluding hydrogens is 346 g/mol. The first-order chi connectivity index (χ1) is 10.5. The van der Waals surface area contributed by atoms with E-state index in [1.807, 2.05) is 18.2 Å². The van der Waals surface area contributed by atoms with Crippen LogP contribution in [0.3, 0.4) is 0 Å². The van der Waals surface area contributed by atoms with Gasteiger partial charge >= 0.3 is 11.8 Å². The van der Waals surface area contributed by atoms with E-state index in [2.05, 4.69) is 38.0 Å². The number of carbonyl (C=O) groups is 2. The van der Waals surface area contributed by atoms with E-state index >= 15 is 0 Å². The first kappa shape index (κ1) is 16.7. The molecule has 1 heterocycles. The lowest BCUT2D eigenvalue weighted by Gasteiger charge is -2.15. The van der Waals surface area contributed by atoms with Gasteiger partial charge in [0.2, 0.25) is 0 Å². The Morgan fingerprint density at radius 3 is 2.64 bits per heavy atom. The maximum absolute atomic E-state index is 11.8. The molecule has 2 amide bonds. The van der Waals surface area contributed by atoms with Gasteiger partial charge in [-0.1, -0.05) is 34.6 Å². The van der Waals surface area contributed by atoms with E-state index < -0.39 is 11.8 Å². The fraction of sp³-hybridized carbons (Fsp3) is 0.375. The van der Waals surface area contributed by atoms with E-state index in [-0.39, 0.29) is 6.54 Å². The predicted octanol–water partition coefficient (Wildman–Crippen LogP) is 2.25. The number of halogens is 1. The smallest absolute Gasteiger partial charge is 0.313 e. The summed E-state index contributed by atoms with van der Waals surface area (Å²) in [6.45, 7) is 6.94. The summed E-state index contributed by atoms with van der Waals surface area (Å²) in [5.74, 6) is -1.35. The zero-order valence-corrected chi connectivity index (χ0v) is 14.0. The minimum atomic E-state index is -0.675. The van der Waals surface area contributed by atoms with Crippen molar-refractivity contribution in [1.29, 1.82) is 0 Å². The van der Waals surface area contributed by atoms with E-state index in [0.717, 1.165) is 25.2 Å². The average molecular weight is 366 g/mol. The number of rotatable bonds is 5. The van der Waals surface area contributed by atoms with Gasteiger partial charge in [0.05, 0.1) is 0 Å². The molecule has 5 nitrogen and oxygen atoms in total. The summed E-state index contributed by atoms with van der Waals surface area (Å²) < 4.78 is 0.612. The molecule has 0 bridgehead atoms. The van der Waals surface area contributed by atoms with Gasteiger partial charge in [0.15, 0.2) is 0 Å². The maximum atomic E-state index is 11.8. The van der Waals surface area contributed by atoms with Crippen LogP contribution in [-0.4, -0.2) is 36.3 Å². The number of hydrogen-bond acceptors (Lipinski definition) is 3. The van der Waals surface area contributed by atoms with Gasteiger partial charge in [0.25, 0.3) is 0 Å². The van der Waals surface area contributed by atoms with Crippen molar-refractivity contribution in [2.45, 2.75) is 19.4 Å². The second-order valence-electron chi connectivity index (χ2n) is 5.34. The molecule has 0 atom stereocenters. The molecule has 1 aromatic rings. The van der Waals surface area contributed by atoms with E-state index in [0.29, 0.717) is 10.2 Å². The monoisotopic (exact) mass is 365 g/mol. The maximum Gasteiger partial charge on any atom is 0.313 e. The van der Waals surface area contributed by atoms with Gasteiger partial charge in [-0.3, -0.25) is 14.5 Å². The summed E-state index contributed by atoms with van der Waals surface area (Å²) in [4.78, 5) is 25.8. The molecule has 1 fully saturated rings. The third kappa shape index (κ3) is 5.27. The van der Waals surface area contributed by atoms with Gasteiger partial charge in [-0.25, -0.2) is 0 Å². The first-order valence-corrected chi connectivity index (χ1v) is 8.07. The van der Waals surface area contributed by atoms with E-state index in [1.165, 1.54) is 12.8 Å². The number of benzene rings is 1. The largest absolute Gasteiger partial charge is 0.343 e. The van der Waals surface area contributed by atoms with Gasteiger partial charge in [0, 0.05) is 23.3 Å². The van der Waals surface area contributed by atoms with Crippen LogP contribution in [0.4, 0.5) is 5.69 Å². The number of carbonyl (C=O) groups excluding carboxylic acids is 2. The molecule has 0 unspecified atom stereocenters. The fourth-order valence-corrected chi connectivity index (χ4v) is 2.53. The second kappa shape index (κ2) is 8.10. The molecule has 22 heavy (non-hydrogen) atoms. The predicted molar refractivity (Wildman–Crippen MR) is 90.7 cm³/mol. The molecule has 1 aliphatic heterocycles. The molecule has 1 aromatic carbocycles. The highest BCUT2D eigenvalue weighted by atomic mass is 79.9. The Balaban J connectivity index is 1.90. The quantitative estimate of drug-likeness (QED) is 0.786. The average Bonchev–Trinajstić information content (AvgIpc) is 2.98. The summed E-state index contributed by atoms with van der Waals surface area (Å²) in [6, 6.07) is 7.61. The van der Waals surface area contributed by atoms with Gasteiger partial charge < -0.3 is 10.6 Å². The molecule has 0 spiro atoms. The van der Waals surface area contributed by atoms with Crippen LogP contribution >= 0.6 is 15.9 Å². The molecule has 0 aromatic heterocycles. The van der Waals surface area contributed by atoms with Crippen molar-refractivity contribution < 1.29 is 9.59 Å². The van der Waals surface area contributed by atoms with E-state index in [1.54, 1.807) is 6.07 Å². The van der Waals surface area contributed by atoms with Crippen LogP contribution < -0.4 is 10.6 Å². The van der Waals surface area contributed by atoms with Crippen LogP contribution in [0, 0.1) is 0 Å². The Kier molecular flexibility index (Phi) is 6.15. The van der Waals surface area contributed by atoms with Crippen LogP contribution in [0.5, 0.6) is 0 Å². The lowest BCUT2D eigenvalue weighted by atomic mass is 10.2. The Bertz CT molecular complexity index is 568. The van der Waals surface area contributed by atoms with Gasteiger partial charge in [0.1, 0.15) is 0 Å². The van der Waals surface area contributed by atoms with Crippen LogP contribution in [0.25, 0.3) is 0 Å². The van der Waals surface area contributed by atoms with Crippen molar-refractivity contribution in [2.24, 2.45) is 0 Å². The fourth-order valence-electron chi connectivity index (χ4n) is 2.39. The second-order valence-corrected chi connectivity index (χ2v) is 6.46. The highest BCUT2D eigenvalue weighted by molar-refractivity contribution is 9.11. The summed E-state index contributed by atoms with van der Waals surface area (Å²) in [7, 11) is 0. The Hall–Kier alpha value is -1.66. The zero-order valence-electron chi connectivity index (χ0n) is 12.4. The molecule has 0 radical (unpaired) electrons. The third-order valence-corrected chi connectivity index (χ3v) is 3.72. The molecule has 0 aliphatic carbocycles. The summed E-state index contributed by atoms with van der Waals surface area (Å²) >= 11 is 3.12. The standard InChI is InChI=1S/C16H20BrN3O2/c1-12(17)10-18-15(21)16(22)19-14-6-4-5-13(9-14)11-20-7-2-3-8-20/h4-6,9H,1-3,7-8,10-11H2,(H,18,21)(H,19,22). The third-order valence-electron chi connectivity index (χ3n) is 3.44. The molecule has 2 N–H and O–H groups in total. The molecule has 2 rings (SSSR count). The number of likely N-dealkylation sites (tertiary alicyclic amines) is 1. The Morgan fingerprint density at radius 1 is 1.23 bits per heavy atom. The van der Waals surface area contributed by atoms with Crippen molar-refractivity contribution in [1.82, 2.24) is 10.2 Å². The number of amides is 2. The van der Waals surface area contributed by atoms with Crippen LogP contribution in [0.1, 0.15) is 18.4 Å². The summed E-state index contributed by atoms with van der Waals surface area (Å²) in [6.07, 6.45) is 2.49. The summed E-state index contributed by atoms with van der Waals surface area (Å²) in [5, 5.41) is 5.09. The van der Waals surface area contributed by atoms with Crippen LogP contribution in [0.15, 0.2) is 35.3 Å². The van der Waals surface area contributed by atoms with Gasteiger partial charge in [-0.2, -0.15) is 0 Å². The highest BCUT2D eigenvalue weighted by Crippen LogP contribution is 2.16. The molecular formula is C16H20BrN3O2. The molecule has 1 saturated heterocycles. The van der Waals surface area contributed by atoms with E-state index in [4.69, 9.17) is 0 Å². The highest BCUT2D eigenvalue weighted by Gasteiger charge is 2.14. The van der Waals surface area contributed by atoms with Crippen molar-refractivity contribution in [3.63, 3.8) is 0 Å². The van der Waals surface area contributed by atoms with Crippen molar-refractivity contribution >= 4 is 33.4 Å². The lowest BCUT2D eigenvalue weighted by Crippen LogP contribution is -2.35.